The lowest BCUT2D eigenvalue weighted by Gasteiger charge is -2.05. The molecule has 3 N–H and O–H groups in total. The molecule has 1 aromatic carbocycles. The number of thiophene rings is 1. The van der Waals surface area contributed by atoms with E-state index in [0.717, 1.165) is 28.0 Å². The molecule has 0 aliphatic rings. The lowest BCUT2D eigenvalue weighted by Crippen LogP contribution is -2.28. The summed E-state index contributed by atoms with van der Waals surface area (Å²) in [7, 11) is 0. The number of rotatable bonds is 5. The Hall–Kier alpha value is -1.89. The van der Waals surface area contributed by atoms with Crippen LogP contribution in [0.1, 0.15) is 28.7 Å². The minimum absolute atomic E-state index is 0. The van der Waals surface area contributed by atoms with Crippen LogP contribution in [-0.2, 0) is 0 Å². The third kappa shape index (κ3) is 3.77. The number of amides is 1. The Morgan fingerprint density at radius 3 is 2.75 bits per heavy atom. The number of nitrogens with one attached hydrogen (secondary N) is 1. The third-order valence-electron chi connectivity index (χ3n) is 3.65. The van der Waals surface area contributed by atoms with Gasteiger partial charge in [-0.25, -0.2) is 4.68 Å². The van der Waals surface area contributed by atoms with Crippen molar-refractivity contribution in [2.45, 2.75) is 26.3 Å². The smallest absolute Gasteiger partial charge is 0.261 e. The van der Waals surface area contributed by atoms with Crippen LogP contribution in [0.4, 0.5) is 0 Å². The van der Waals surface area contributed by atoms with E-state index in [0.29, 0.717) is 11.4 Å². The Kier molecular flexibility index (Phi) is 5.99. The summed E-state index contributed by atoms with van der Waals surface area (Å²) in [6, 6.07) is 12.0. The number of para-hydroxylation sites is 1. The Balaban J connectivity index is 0.00000208. The summed E-state index contributed by atoms with van der Waals surface area (Å²) in [4.78, 5) is 14.0. The lowest BCUT2D eigenvalue weighted by atomic mass is 10.2. The molecule has 0 radical (unpaired) electrons. The first-order chi connectivity index (χ1) is 11.1. The van der Waals surface area contributed by atoms with Crippen LogP contribution in [0.25, 0.3) is 15.9 Å². The minimum atomic E-state index is -0.0501. The van der Waals surface area contributed by atoms with Crippen molar-refractivity contribution in [1.82, 2.24) is 15.1 Å². The van der Waals surface area contributed by atoms with Crippen LogP contribution >= 0.6 is 23.7 Å². The largest absolute Gasteiger partial charge is 0.351 e. The molecular weight excluding hydrogens is 344 g/mol. The van der Waals surface area contributed by atoms with Gasteiger partial charge in [-0.3, -0.25) is 4.79 Å². The minimum Gasteiger partial charge on any atom is -0.351 e. The van der Waals surface area contributed by atoms with Gasteiger partial charge < -0.3 is 11.1 Å². The summed E-state index contributed by atoms with van der Waals surface area (Å²) >= 11 is 1.46. The Morgan fingerprint density at radius 1 is 1.38 bits per heavy atom. The second-order valence-corrected chi connectivity index (χ2v) is 6.71. The highest BCUT2D eigenvalue weighted by Gasteiger charge is 2.16. The zero-order chi connectivity index (χ0) is 16.4. The van der Waals surface area contributed by atoms with Gasteiger partial charge in [0, 0.05) is 18.0 Å². The fourth-order valence-corrected chi connectivity index (χ4v) is 3.50. The van der Waals surface area contributed by atoms with Gasteiger partial charge in [-0.2, -0.15) is 5.10 Å². The topological polar surface area (TPSA) is 72.9 Å². The molecule has 0 spiro atoms. The SMILES string of the molecule is Cc1nn(-c2ccccc2)c2sc(C(=O)NCCC(C)N)cc12.Cl. The van der Waals surface area contributed by atoms with Crippen molar-refractivity contribution in [3.63, 3.8) is 0 Å². The zero-order valence-corrected chi connectivity index (χ0v) is 15.3. The quantitative estimate of drug-likeness (QED) is 0.729. The number of benzene rings is 1. The number of fused-ring (bicyclic) bond motifs is 1. The van der Waals surface area contributed by atoms with E-state index in [4.69, 9.17) is 5.73 Å². The molecule has 0 aliphatic heterocycles. The predicted octanol–water partition coefficient (Wildman–Crippen LogP) is 3.28. The zero-order valence-electron chi connectivity index (χ0n) is 13.7. The molecule has 0 fully saturated rings. The number of aryl methyl sites for hydroxylation is 1. The molecule has 1 unspecified atom stereocenters. The van der Waals surface area contributed by atoms with Crippen LogP contribution in [0.2, 0.25) is 0 Å². The van der Waals surface area contributed by atoms with Crippen molar-refractivity contribution >= 4 is 39.9 Å². The molecule has 2 aromatic heterocycles. The van der Waals surface area contributed by atoms with E-state index in [2.05, 4.69) is 10.4 Å². The van der Waals surface area contributed by atoms with E-state index in [1.54, 1.807) is 0 Å². The summed E-state index contributed by atoms with van der Waals surface area (Å²) in [6.07, 6.45) is 0.771. The fourth-order valence-electron chi connectivity index (χ4n) is 2.40. The lowest BCUT2D eigenvalue weighted by molar-refractivity contribution is 0.0957. The third-order valence-corrected chi connectivity index (χ3v) is 4.76. The van der Waals surface area contributed by atoms with E-state index in [9.17, 15) is 4.79 Å². The maximum atomic E-state index is 12.3. The summed E-state index contributed by atoms with van der Waals surface area (Å²) in [5, 5.41) is 8.53. The second-order valence-electron chi connectivity index (χ2n) is 5.68. The van der Waals surface area contributed by atoms with Crippen LogP contribution in [-0.4, -0.2) is 28.3 Å². The van der Waals surface area contributed by atoms with Gasteiger partial charge in [-0.05, 0) is 38.5 Å². The van der Waals surface area contributed by atoms with E-state index in [-0.39, 0.29) is 24.4 Å². The van der Waals surface area contributed by atoms with Gasteiger partial charge in [0.15, 0.2) is 0 Å². The highest BCUT2D eigenvalue weighted by atomic mass is 35.5. The Bertz CT molecular complexity index is 826. The summed E-state index contributed by atoms with van der Waals surface area (Å²) in [5.41, 5.74) is 7.63. The monoisotopic (exact) mass is 364 g/mol. The first-order valence-corrected chi connectivity index (χ1v) is 8.46. The number of halogens is 1. The van der Waals surface area contributed by atoms with Crippen molar-refractivity contribution in [2.24, 2.45) is 5.73 Å². The average molecular weight is 365 g/mol. The van der Waals surface area contributed by atoms with Crippen molar-refractivity contribution < 1.29 is 4.79 Å². The highest BCUT2D eigenvalue weighted by molar-refractivity contribution is 7.20. The van der Waals surface area contributed by atoms with Crippen LogP contribution in [0.15, 0.2) is 36.4 Å². The molecule has 0 saturated carbocycles. The number of hydrogen-bond acceptors (Lipinski definition) is 4. The molecular formula is C17H21ClN4OS. The maximum Gasteiger partial charge on any atom is 0.261 e. The van der Waals surface area contributed by atoms with Crippen LogP contribution in [0, 0.1) is 6.92 Å². The Labute approximate surface area is 151 Å². The van der Waals surface area contributed by atoms with Gasteiger partial charge in [-0.15, -0.1) is 23.7 Å². The molecule has 0 aliphatic carbocycles. The van der Waals surface area contributed by atoms with Gasteiger partial charge in [-0.1, -0.05) is 18.2 Å². The molecule has 24 heavy (non-hydrogen) atoms. The average Bonchev–Trinajstić information content (AvgIpc) is 3.09. The number of nitrogens with zero attached hydrogens (tertiary/aromatic N) is 2. The molecule has 0 saturated heterocycles. The second kappa shape index (κ2) is 7.79. The predicted molar refractivity (Wildman–Crippen MR) is 102 cm³/mol. The molecule has 1 amide bonds. The molecule has 5 nitrogen and oxygen atoms in total. The van der Waals surface area contributed by atoms with Gasteiger partial charge in [0.05, 0.1) is 16.3 Å². The molecule has 7 heteroatoms. The Morgan fingerprint density at radius 2 is 2.08 bits per heavy atom. The fraction of sp³-hybridized carbons (Fsp3) is 0.294. The molecule has 2 heterocycles. The van der Waals surface area contributed by atoms with Crippen molar-refractivity contribution in [3.05, 3.63) is 47.0 Å². The van der Waals surface area contributed by atoms with Crippen LogP contribution < -0.4 is 11.1 Å². The molecule has 0 bridgehead atoms. The van der Waals surface area contributed by atoms with E-state index >= 15 is 0 Å². The van der Waals surface area contributed by atoms with E-state index < -0.39 is 0 Å². The molecule has 3 rings (SSSR count). The highest BCUT2D eigenvalue weighted by Crippen LogP contribution is 2.30. The maximum absolute atomic E-state index is 12.3. The number of carbonyl (C=O) groups is 1. The number of nitrogens with two attached hydrogens (primary N) is 1. The van der Waals surface area contributed by atoms with Gasteiger partial charge in [0.25, 0.3) is 5.91 Å². The standard InChI is InChI=1S/C17H20N4OS.ClH/c1-11(18)8-9-19-16(22)15-10-14-12(2)20-21(17(14)23-15)13-6-4-3-5-7-13;/h3-7,10-11H,8-9,18H2,1-2H3,(H,19,22);1H. The van der Waals surface area contributed by atoms with Crippen molar-refractivity contribution in [3.8, 4) is 5.69 Å². The first kappa shape index (κ1) is 18.4. The van der Waals surface area contributed by atoms with Gasteiger partial charge in [0.1, 0.15) is 4.83 Å². The van der Waals surface area contributed by atoms with Gasteiger partial charge in [0.2, 0.25) is 0 Å². The normalized spacial score (nSPS) is 12.0. The first-order valence-electron chi connectivity index (χ1n) is 7.64. The van der Waals surface area contributed by atoms with Gasteiger partial charge >= 0.3 is 0 Å². The molecule has 128 valence electrons. The summed E-state index contributed by atoms with van der Waals surface area (Å²) < 4.78 is 1.90. The summed E-state index contributed by atoms with van der Waals surface area (Å²) in [5.74, 6) is -0.0501. The molecule has 3 aromatic rings. The van der Waals surface area contributed by atoms with Crippen molar-refractivity contribution in [2.75, 3.05) is 6.54 Å². The van der Waals surface area contributed by atoms with E-state index in [1.165, 1.54) is 11.3 Å². The van der Waals surface area contributed by atoms with E-state index in [1.807, 2.05) is 54.9 Å². The number of carbonyl (C=O) groups excluding carboxylic acids is 1. The summed E-state index contributed by atoms with van der Waals surface area (Å²) in [6.45, 7) is 4.49. The van der Waals surface area contributed by atoms with Crippen molar-refractivity contribution in [1.29, 1.82) is 0 Å². The van der Waals surface area contributed by atoms with Crippen LogP contribution in [0.5, 0.6) is 0 Å². The number of aromatic nitrogens is 2. The number of hydrogen-bond donors (Lipinski definition) is 2. The van der Waals surface area contributed by atoms with Crippen LogP contribution in [0.3, 0.4) is 0 Å². The molecule has 1 atom stereocenters.